The fraction of sp³-hybridized carbons (Fsp3) is 0.688. The van der Waals surface area contributed by atoms with Gasteiger partial charge in [-0.3, -0.25) is 4.79 Å². The van der Waals surface area contributed by atoms with Crippen LogP contribution >= 0.6 is 15.9 Å². The fourth-order valence-corrected chi connectivity index (χ4v) is 3.58. The first kappa shape index (κ1) is 15.6. The topological polar surface area (TPSA) is 25.2 Å². The Bertz CT molecular complexity index is 489. The predicted octanol–water partition coefficient (Wildman–Crippen LogP) is 4.48. The molecule has 3 nitrogen and oxygen atoms in total. The summed E-state index contributed by atoms with van der Waals surface area (Å²) in [4.78, 5) is 14.8. The van der Waals surface area contributed by atoms with E-state index in [1.54, 1.807) is 0 Å². The SMILES string of the molecule is CCC1(CC)CCN(C(=O)c2cc(Br)cn2C(C)C)C1. The van der Waals surface area contributed by atoms with Crippen molar-refractivity contribution in [2.75, 3.05) is 13.1 Å². The van der Waals surface area contributed by atoms with E-state index >= 15 is 0 Å². The maximum absolute atomic E-state index is 12.8. The predicted molar refractivity (Wildman–Crippen MR) is 86.1 cm³/mol. The fourth-order valence-electron chi connectivity index (χ4n) is 3.14. The van der Waals surface area contributed by atoms with Crippen LogP contribution in [0.2, 0.25) is 0 Å². The van der Waals surface area contributed by atoms with Gasteiger partial charge in [-0.2, -0.15) is 0 Å². The molecule has 2 heterocycles. The molecular formula is C16H25BrN2O. The summed E-state index contributed by atoms with van der Waals surface area (Å²) >= 11 is 3.49. The van der Waals surface area contributed by atoms with E-state index in [4.69, 9.17) is 0 Å². The number of nitrogens with zero attached hydrogens (tertiary/aromatic N) is 2. The van der Waals surface area contributed by atoms with E-state index in [-0.39, 0.29) is 5.91 Å². The lowest BCUT2D eigenvalue weighted by atomic mass is 9.82. The van der Waals surface area contributed by atoms with Crippen molar-refractivity contribution < 1.29 is 4.79 Å². The molecule has 0 atom stereocenters. The zero-order valence-electron chi connectivity index (χ0n) is 12.9. The van der Waals surface area contributed by atoms with Crippen molar-refractivity contribution in [3.63, 3.8) is 0 Å². The van der Waals surface area contributed by atoms with Crippen LogP contribution in [0, 0.1) is 5.41 Å². The molecule has 2 rings (SSSR count). The van der Waals surface area contributed by atoms with Crippen LogP contribution in [0.4, 0.5) is 0 Å². The Morgan fingerprint density at radius 2 is 2.05 bits per heavy atom. The van der Waals surface area contributed by atoms with Gasteiger partial charge in [0.25, 0.3) is 5.91 Å². The van der Waals surface area contributed by atoms with E-state index in [0.29, 0.717) is 11.5 Å². The average molecular weight is 341 g/mol. The highest BCUT2D eigenvalue weighted by atomic mass is 79.9. The Balaban J connectivity index is 2.21. The maximum Gasteiger partial charge on any atom is 0.270 e. The molecule has 4 heteroatoms. The summed E-state index contributed by atoms with van der Waals surface area (Å²) in [5, 5.41) is 0. The molecule has 0 aliphatic carbocycles. The van der Waals surface area contributed by atoms with Crippen molar-refractivity contribution in [1.29, 1.82) is 0 Å². The molecule has 1 aliphatic rings. The Morgan fingerprint density at radius 3 is 2.55 bits per heavy atom. The van der Waals surface area contributed by atoms with Crippen molar-refractivity contribution in [3.8, 4) is 0 Å². The first-order valence-corrected chi connectivity index (χ1v) is 8.38. The third-order valence-corrected chi connectivity index (χ3v) is 5.25. The number of hydrogen-bond acceptors (Lipinski definition) is 1. The van der Waals surface area contributed by atoms with Crippen LogP contribution in [-0.4, -0.2) is 28.5 Å². The van der Waals surface area contributed by atoms with Gasteiger partial charge in [0.1, 0.15) is 5.69 Å². The molecule has 0 radical (unpaired) electrons. The highest BCUT2D eigenvalue weighted by Gasteiger charge is 2.37. The lowest BCUT2D eigenvalue weighted by Crippen LogP contribution is -2.33. The summed E-state index contributed by atoms with van der Waals surface area (Å²) in [7, 11) is 0. The first-order valence-electron chi connectivity index (χ1n) is 7.59. The van der Waals surface area contributed by atoms with E-state index in [0.717, 1.165) is 42.5 Å². The van der Waals surface area contributed by atoms with Crippen LogP contribution < -0.4 is 0 Å². The second-order valence-electron chi connectivity index (χ2n) is 6.23. The highest BCUT2D eigenvalue weighted by molar-refractivity contribution is 9.10. The number of carbonyl (C=O) groups is 1. The van der Waals surface area contributed by atoms with Gasteiger partial charge in [-0.1, -0.05) is 13.8 Å². The molecule has 1 fully saturated rings. The number of carbonyl (C=O) groups excluding carboxylic acids is 1. The van der Waals surface area contributed by atoms with Gasteiger partial charge < -0.3 is 9.47 Å². The van der Waals surface area contributed by atoms with Crippen molar-refractivity contribution in [3.05, 3.63) is 22.4 Å². The van der Waals surface area contributed by atoms with Crippen molar-refractivity contribution in [2.45, 2.75) is 53.0 Å². The van der Waals surface area contributed by atoms with Crippen molar-refractivity contribution in [2.24, 2.45) is 5.41 Å². The van der Waals surface area contributed by atoms with Crippen LogP contribution in [0.1, 0.15) is 63.5 Å². The van der Waals surface area contributed by atoms with E-state index in [9.17, 15) is 4.79 Å². The van der Waals surface area contributed by atoms with Crippen molar-refractivity contribution >= 4 is 21.8 Å². The molecule has 0 spiro atoms. The number of halogens is 1. The van der Waals surface area contributed by atoms with Gasteiger partial charge in [0.05, 0.1) is 0 Å². The van der Waals surface area contributed by atoms with Gasteiger partial charge in [-0.05, 0) is 60.5 Å². The third-order valence-electron chi connectivity index (χ3n) is 4.82. The maximum atomic E-state index is 12.8. The summed E-state index contributed by atoms with van der Waals surface area (Å²) < 4.78 is 3.04. The smallest absolute Gasteiger partial charge is 0.270 e. The minimum Gasteiger partial charge on any atom is -0.340 e. The largest absolute Gasteiger partial charge is 0.340 e. The molecule has 0 saturated carbocycles. The van der Waals surface area contributed by atoms with Gasteiger partial charge in [0, 0.05) is 29.8 Å². The minimum atomic E-state index is 0.174. The number of likely N-dealkylation sites (tertiary alicyclic amines) is 1. The highest BCUT2D eigenvalue weighted by Crippen LogP contribution is 2.37. The monoisotopic (exact) mass is 340 g/mol. The lowest BCUT2D eigenvalue weighted by molar-refractivity contribution is 0.0757. The molecule has 1 saturated heterocycles. The summed E-state index contributed by atoms with van der Waals surface area (Å²) in [5.41, 5.74) is 1.14. The zero-order chi connectivity index (χ0) is 14.9. The summed E-state index contributed by atoms with van der Waals surface area (Å²) in [6, 6.07) is 2.24. The molecule has 0 bridgehead atoms. The first-order chi connectivity index (χ1) is 9.42. The van der Waals surface area contributed by atoms with Crippen LogP contribution in [0.25, 0.3) is 0 Å². The molecule has 0 N–H and O–H groups in total. The van der Waals surface area contributed by atoms with Gasteiger partial charge in [0.2, 0.25) is 0 Å². The van der Waals surface area contributed by atoms with Crippen LogP contribution in [0.5, 0.6) is 0 Å². The summed E-state index contributed by atoms with van der Waals surface area (Å²) in [5.74, 6) is 0.174. The molecular weight excluding hydrogens is 316 g/mol. The molecule has 0 aromatic carbocycles. The van der Waals surface area contributed by atoms with Gasteiger partial charge >= 0.3 is 0 Å². The van der Waals surface area contributed by atoms with Crippen LogP contribution in [-0.2, 0) is 0 Å². The Hall–Kier alpha value is -0.770. The number of hydrogen-bond donors (Lipinski definition) is 0. The van der Waals surface area contributed by atoms with Crippen LogP contribution in [0.3, 0.4) is 0 Å². The molecule has 1 amide bonds. The summed E-state index contributed by atoms with van der Waals surface area (Å²) in [6.45, 7) is 10.5. The Labute approximate surface area is 130 Å². The van der Waals surface area contributed by atoms with Crippen LogP contribution in [0.15, 0.2) is 16.7 Å². The van der Waals surface area contributed by atoms with E-state index < -0.39 is 0 Å². The Kier molecular flexibility index (Phi) is 4.62. The zero-order valence-corrected chi connectivity index (χ0v) is 14.5. The second kappa shape index (κ2) is 5.92. The third kappa shape index (κ3) is 2.80. The second-order valence-corrected chi connectivity index (χ2v) is 7.14. The van der Waals surface area contributed by atoms with E-state index in [2.05, 4.69) is 48.2 Å². The molecule has 112 valence electrons. The molecule has 1 aromatic rings. The average Bonchev–Trinajstić information content (AvgIpc) is 3.02. The minimum absolute atomic E-state index is 0.174. The normalized spacial score (nSPS) is 18.0. The number of aromatic nitrogens is 1. The van der Waals surface area contributed by atoms with Crippen molar-refractivity contribution in [1.82, 2.24) is 9.47 Å². The summed E-state index contributed by atoms with van der Waals surface area (Å²) in [6.07, 6.45) is 5.44. The van der Waals surface area contributed by atoms with Gasteiger partial charge in [-0.15, -0.1) is 0 Å². The Morgan fingerprint density at radius 1 is 1.40 bits per heavy atom. The van der Waals surface area contributed by atoms with E-state index in [1.807, 2.05) is 17.2 Å². The molecule has 20 heavy (non-hydrogen) atoms. The number of rotatable bonds is 4. The van der Waals surface area contributed by atoms with Gasteiger partial charge in [0.15, 0.2) is 0 Å². The number of amides is 1. The molecule has 1 aromatic heterocycles. The van der Waals surface area contributed by atoms with E-state index in [1.165, 1.54) is 0 Å². The quantitative estimate of drug-likeness (QED) is 0.792. The molecule has 0 unspecified atom stereocenters. The standard InChI is InChI=1S/C16H25BrN2O/c1-5-16(6-2)7-8-18(11-16)15(20)14-9-13(17)10-19(14)12(3)4/h9-10,12H,5-8,11H2,1-4H3. The lowest BCUT2D eigenvalue weighted by Gasteiger charge is -2.26. The van der Waals surface area contributed by atoms with Gasteiger partial charge in [-0.25, -0.2) is 0 Å². The molecule has 1 aliphatic heterocycles.